The van der Waals surface area contributed by atoms with E-state index < -0.39 is 0 Å². The highest BCUT2D eigenvalue weighted by Gasteiger charge is 2.74. The molecule has 2 aliphatic carbocycles. The van der Waals surface area contributed by atoms with Gasteiger partial charge in [0.2, 0.25) is 0 Å². The lowest BCUT2D eigenvalue weighted by molar-refractivity contribution is -0.199. The Morgan fingerprint density at radius 1 is 1.19 bits per heavy atom. The zero-order valence-corrected chi connectivity index (χ0v) is 14.7. The van der Waals surface area contributed by atoms with Crippen LogP contribution in [0.25, 0.3) is 0 Å². The fourth-order valence-electron chi connectivity index (χ4n) is 6.83. The number of fused-ring (bicyclic) bond motifs is 4. The summed E-state index contributed by atoms with van der Waals surface area (Å²) in [6.45, 7) is 2.68. The van der Waals surface area contributed by atoms with E-state index in [0.29, 0.717) is 6.61 Å². The fourth-order valence-corrected chi connectivity index (χ4v) is 6.83. The van der Waals surface area contributed by atoms with E-state index in [0.717, 1.165) is 31.2 Å². The Hall–Kier alpha value is -1.82. The van der Waals surface area contributed by atoms with E-state index in [9.17, 15) is 9.59 Å². The molecule has 3 aliphatic heterocycles. The first-order chi connectivity index (χ1) is 12.5. The molecule has 138 valence electrons. The van der Waals surface area contributed by atoms with Gasteiger partial charge in [0, 0.05) is 16.9 Å². The average molecular weight is 358 g/mol. The van der Waals surface area contributed by atoms with Gasteiger partial charge >= 0.3 is 11.9 Å². The van der Waals surface area contributed by atoms with Crippen LogP contribution in [-0.2, 0) is 23.8 Å². The zero-order valence-electron chi connectivity index (χ0n) is 14.7. The first-order valence-corrected chi connectivity index (χ1v) is 9.58. The lowest BCUT2D eigenvalue weighted by Crippen LogP contribution is -2.61. The van der Waals surface area contributed by atoms with Crippen molar-refractivity contribution in [3.63, 3.8) is 0 Å². The van der Waals surface area contributed by atoms with Crippen LogP contribution >= 0.6 is 0 Å². The maximum atomic E-state index is 12.9. The monoisotopic (exact) mass is 358 g/mol. The summed E-state index contributed by atoms with van der Waals surface area (Å²) in [4.78, 5) is 25.3. The summed E-state index contributed by atoms with van der Waals surface area (Å²) in [5.41, 5.74) is 0.456. The fraction of sp³-hybridized carbons (Fsp3) is 0.700. The van der Waals surface area contributed by atoms with Gasteiger partial charge in [0.05, 0.1) is 43.2 Å². The van der Waals surface area contributed by atoms with E-state index in [4.69, 9.17) is 18.6 Å². The van der Waals surface area contributed by atoms with E-state index in [1.807, 2.05) is 6.07 Å². The van der Waals surface area contributed by atoms with Crippen LogP contribution in [0, 0.1) is 28.6 Å². The van der Waals surface area contributed by atoms with Crippen LogP contribution in [0.1, 0.15) is 44.3 Å². The number of rotatable bonds is 1. The van der Waals surface area contributed by atoms with Gasteiger partial charge in [-0.25, -0.2) is 0 Å². The summed E-state index contributed by atoms with van der Waals surface area (Å²) in [6.07, 6.45) is 6.37. The Morgan fingerprint density at radius 2 is 2.08 bits per heavy atom. The normalized spacial score (nSPS) is 51.4. The molecule has 0 aromatic carbocycles. The molecule has 1 spiro atoms. The number of epoxide rings is 1. The molecule has 0 bridgehead atoms. The second kappa shape index (κ2) is 4.71. The van der Waals surface area contributed by atoms with Crippen molar-refractivity contribution in [1.82, 2.24) is 0 Å². The molecule has 5 aliphatic rings. The van der Waals surface area contributed by atoms with Crippen molar-refractivity contribution in [1.29, 1.82) is 0 Å². The number of carbonyl (C=O) groups excluding carboxylic acids is 2. The summed E-state index contributed by atoms with van der Waals surface area (Å²) in [5, 5.41) is 0. The average Bonchev–Trinajstić information content (AvgIpc) is 3.01. The Bertz CT molecular complexity index is 786. The zero-order chi connectivity index (χ0) is 17.7. The molecule has 26 heavy (non-hydrogen) atoms. The SMILES string of the molecule is C[C@]12C[C@@H](c3ccoc3)OC(=O)[C@H]1CC[C@@]13COC(=O)[C@H]1C[C@@H]1O[C@@H]1[C@@H]23. The number of ether oxygens (including phenoxy) is 3. The predicted octanol–water partition coefficient (Wildman–Crippen LogP) is 2.63. The summed E-state index contributed by atoms with van der Waals surface area (Å²) >= 11 is 0. The molecule has 3 saturated heterocycles. The maximum Gasteiger partial charge on any atom is 0.310 e. The number of carbonyl (C=O) groups is 2. The van der Waals surface area contributed by atoms with Crippen molar-refractivity contribution in [2.45, 2.75) is 50.9 Å². The van der Waals surface area contributed by atoms with Gasteiger partial charge in [-0.1, -0.05) is 6.92 Å². The van der Waals surface area contributed by atoms with Crippen LogP contribution in [0.3, 0.4) is 0 Å². The quantitative estimate of drug-likeness (QED) is 0.567. The van der Waals surface area contributed by atoms with Gasteiger partial charge < -0.3 is 18.6 Å². The number of esters is 2. The molecular weight excluding hydrogens is 336 g/mol. The summed E-state index contributed by atoms with van der Waals surface area (Å²) in [7, 11) is 0. The lowest BCUT2D eigenvalue weighted by Gasteiger charge is -2.59. The highest BCUT2D eigenvalue weighted by Crippen LogP contribution is 2.70. The molecule has 6 rings (SSSR count). The van der Waals surface area contributed by atoms with Gasteiger partial charge in [-0.05, 0) is 37.2 Å². The molecule has 4 heterocycles. The molecule has 6 nitrogen and oxygen atoms in total. The van der Waals surface area contributed by atoms with E-state index in [1.165, 1.54) is 0 Å². The molecule has 0 amide bonds. The third-order valence-corrected chi connectivity index (χ3v) is 7.99. The topological polar surface area (TPSA) is 78.3 Å². The van der Waals surface area contributed by atoms with Gasteiger partial charge in [-0.3, -0.25) is 9.59 Å². The highest BCUT2D eigenvalue weighted by molar-refractivity contribution is 5.78. The predicted molar refractivity (Wildman–Crippen MR) is 86.6 cm³/mol. The number of hydrogen-bond donors (Lipinski definition) is 0. The van der Waals surface area contributed by atoms with Crippen molar-refractivity contribution in [2.75, 3.05) is 6.61 Å². The third-order valence-electron chi connectivity index (χ3n) is 7.99. The molecule has 2 saturated carbocycles. The second-order valence-corrected chi connectivity index (χ2v) is 9.03. The molecule has 6 heteroatoms. The summed E-state index contributed by atoms with van der Waals surface area (Å²) < 4.78 is 22.6. The van der Waals surface area contributed by atoms with E-state index in [-0.39, 0.29) is 58.8 Å². The maximum absolute atomic E-state index is 12.9. The minimum absolute atomic E-state index is 0.0734. The van der Waals surface area contributed by atoms with E-state index in [2.05, 4.69) is 6.92 Å². The van der Waals surface area contributed by atoms with Gasteiger partial charge in [0.1, 0.15) is 6.10 Å². The van der Waals surface area contributed by atoms with Crippen LogP contribution in [0.4, 0.5) is 0 Å². The first-order valence-electron chi connectivity index (χ1n) is 9.58. The Labute approximate surface area is 151 Å². The van der Waals surface area contributed by atoms with Crippen molar-refractivity contribution in [3.8, 4) is 0 Å². The molecule has 0 radical (unpaired) electrons. The Morgan fingerprint density at radius 3 is 2.88 bits per heavy atom. The molecule has 5 fully saturated rings. The minimum atomic E-state index is -0.298. The van der Waals surface area contributed by atoms with Crippen LogP contribution in [0.15, 0.2) is 23.0 Å². The van der Waals surface area contributed by atoms with Crippen LogP contribution in [0.5, 0.6) is 0 Å². The summed E-state index contributed by atoms with van der Waals surface area (Å²) in [6, 6.07) is 1.86. The molecule has 1 aromatic rings. The molecule has 0 N–H and O–H groups in total. The van der Waals surface area contributed by atoms with Crippen LogP contribution in [0.2, 0.25) is 0 Å². The highest BCUT2D eigenvalue weighted by atomic mass is 16.6. The standard InChI is InChI=1S/C20H22O6/c1-19-7-14(10-3-5-23-8-10)26-18(22)11(19)2-4-20-9-24-17(21)12(20)6-13-15(25-13)16(19)20/h3,5,8,11-16H,2,4,6-7,9H2,1H3/t11-,12-,13+,14+,15+,16+,19+,20-/m1/s1. The molecular formula is C20H22O6. The lowest BCUT2D eigenvalue weighted by atomic mass is 9.44. The first kappa shape index (κ1) is 15.3. The van der Waals surface area contributed by atoms with Crippen molar-refractivity contribution in [3.05, 3.63) is 24.2 Å². The minimum Gasteiger partial charge on any atom is -0.472 e. The Kier molecular flexibility index (Phi) is 2.77. The number of cyclic esters (lactones) is 2. The van der Waals surface area contributed by atoms with Crippen LogP contribution < -0.4 is 0 Å². The summed E-state index contributed by atoms with van der Waals surface area (Å²) in [5.74, 6) is -0.258. The molecule has 8 atom stereocenters. The number of hydrogen-bond acceptors (Lipinski definition) is 6. The molecule has 0 unspecified atom stereocenters. The Balaban J connectivity index is 1.44. The van der Waals surface area contributed by atoms with Gasteiger partial charge in [0.15, 0.2) is 0 Å². The van der Waals surface area contributed by atoms with Gasteiger partial charge in [0.25, 0.3) is 0 Å². The van der Waals surface area contributed by atoms with E-state index in [1.54, 1.807) is 12.5 Å². The van der Waals surface area contributed by atoms with Crippen molar-refractivity contribution in [2.24, 2.45) is 28.6 Å². The van der Waals surface area contributed by atoms with E-state index >= 15 is 0 Å². The molecule has 1 aromatic heterocycles. The van der Waals surface area contributed by atoms with Crippen molar-refractivity contribution < 1.29 is 28.2 Å². The van der Waals surface area contributed by atoms with Gasteiger partial charge in [-0.15, -0.1) is 0 Å². The van der Waals surface area contributed by atoms with Gasteiger partial charge in [-0.2, -0.15) is 0 Å². The van der Waals surface area contributed by atoms with Crippen molar-refractivity contribution >= 4 is 11.9 Å². The largest absolute Gasteiger partial charge is 0.472 e. The number of furan rings is 1. The second-order valence-electron chi connectivity index (χ2n) is 9.03. The van der Waals surface area contributed by atoms with Crippen LogP contribution in [-0.4, -0.2) is 30.8 Å². The third kappa shape index (κ3) is 1.71. The smallest absolute Gasteiger partial charge is 0.310 e.